The molecule has 0 unspecified atom stereocenters. The number of anilines is 4. The van der Waals surface area contributed by atoms with Crippen LogP contribution in [0.2, 0.25) is 0 Å². The van der Waals surface area contributed by atoms with Crippen molar-refractivity contribution in [3.05, 3.63) is 45.6 Å². The molecule has 10 nitrogen and oxygen atoms in total. The molecule has 0 aliphatic carbocycles. The van der Waals surface area contributed by atoms with Gasteiger partial charge >= 0.3 is 0 Å². The summed E-state index contributed by atoms with van der Waals surface area (Å²) in [5.41, 5.74) is 1.52. The van der Waals surface area contributed by atoms with Crippen molar-refractivity contribution in [3.63, 3.8) is 0 Å². The van der Waals surface area contributed by atoms with Crippen molar-refractivity contribution in [2.24, 2.45) is 0 Å². The van der Waals surface area contributed by atoms with E-state index in [0.29, 0.717) is 32.6 Å². The highest BCUT2D eigenvalue weighted by Gasteiger charge is 2.16. The maximum atomic E-state index is 9.66. The zero-order valence-corrected chi connectivity index (χ0v) is 22.2. The van der Waals surface area contributed by atoms with Crippen molar-refractivity contribution >= 4 is 55.1 Å². The molecule has 3 aromatic rings. The predicted molar refractivity (Wildman–Crippen MR) is 136 cm³/mol. The zero-order chi connectivity index (χ0) is 24.8. The molecular weight excluding hydrogens is 572 g/mol. The molecule has 0 bridgehead atoms. The molecule has 4 N–H and O–H groups in total. The second-order valence-corrected chi connectivity index (χ2v) is 9.36. The Morgan fingerprint density at radius 3 is 1.38 bits per heavy atom. The highest BCUT2D eigenvalue weighted by atomic mass is 79.9. The fraction of sp³-hybridized carbons (Fsp3) is 0.364. The first-order valence-corrected chi connectivity index (χ1v) is 12.1. The quantitative estimate of drug-likeness (QED) is 0.263. The van der Waals surface area contributed by atoms with Crippen molar-refractivity contribution in [1.29, 1.82) is 0 Å². The minimum absolute atomic E-state index is 0.333. The molecule has 0 aliphatic rings. The number of rotatable bonds is 10. The van der Waals surface area contributed by atoms with Crippen molar-refractivity contribution in [2.75, 3.05) is 10.6 Å². The molecule has 1 aromatic carbocycles. The van der Waals surface area contributed by atoms with Gasteiger partial charge in [-0.1, -0.05) is 0 Å². The summed E-state index contributed by atoms with van der Waals surface area (Å²) in [4.78, 5) is 17.2. The van der Waals surface area contributed by atoms with Crippen LogP contribution in [0.3, 0.4) is 0 Å². The third-order valence-corrected chi connectivity index (χ3v) is 5.86. The molecule has 2 aromatic heterocycles. The first-order chi connectivity index (χ1) is 16.1. The van der Waals surface area contributed by atoms with Crippen LogP contribution in [0, 0.1) is 0 Å². The smallest absolute Gasteiger partial charge is 0.233 e. The number of nitrogens with one attached hydrogen (secondary N) is 2. The lowest BCUT2D eigenvalue weighted by atomic mass is 10.2. The maximum Gasteiger partial charge on any atom is 0.233 e. The Labute approximate surface area is 214 Å². The predicted octanol–water partition coefficient (Wildman–Crippen LogP) is 4.58. The molecule has 0 fully saturated rings. The molecule has 0 saturated heterocycles. The number of aliphatic hydroxyl groups excluding tert-OH is 2. The first kappa shape index (κ1) is 26.1. The van der Waals surface area contributed by atoms with E-state index in [1.165, 1.54) is 0 Å². The summed E-state index contributed by atoms with van der Waals surface area (Å²) < 4.78 is 12.5. The van der Waals surface area contributed by atoms with Crippen molar-refractivity contribution in [3.8, 4) is 11.8 Å². The summed E-state index contributed by atoms with van der Waals surface area (Å²) in [6.07, 6.45) is 1.03. The minimum Gasteiger partial charge on any atom is -0.471 e. The highest BCUT2D eigenvalue weighted by molar-refractivity contribution is 9.10. The second kappa shape index (κ2) is 11.7. The zero-order valence-electron chi connectivity index (χ0n) is 19.0. The maximum absolute atomic E-state index is 9.66. The van der Waals surface area contributed by atoms with Gasteiger partial charge in [0.2, 0.25) is 23.7 Å². The van der Waals surface area contributed by atoms with Gasteiger partial charge in [-0.15, -0.1) is 0 Å². The molecule has 3 rings (SSSR count). The largest absolute Gasteiger partial charge is 0.471 e. The topological polar surface area (TPSA) is 135 Å². The van der Waals surface area contributed by atoms with Gasteiger partial charge in [-0.25, -0.2) is 9.97 Å². The van der Waals surface area contributed by atoms with E-state index in [1.54, 1.807) is 40.1 Å². The summed E-state index contributed by atoms with van der Waals surface area (Å²) in [6.45, 7) is 6.82. The van der Waals surface area contributed by atoms with E-state index in [1.807, 2.05) is 24.3 Å². The van der Waals surface area contributed by atoms with Crippen molar-refractivity contribution < 1.29 is 19.7 Å². The van der Waals surface area contributed by atoms with Gasteiger partial charge in [0.15, 0.2) is 0 Å². The van der Waals surface area contributed by atoms with Gasteiger partial charge in [0.1, 0.15) is 12.2 Å². The van der Waals surface area contributed by atoms with Gasteiger partial charge in [0, 0.05) is 11.4 Å². The Kier molecular flexibility index (Phi) is 9.00. The summed E-state index contributed by atoms with van der Waals surface area (Å²) >= 11 is 6.72. The Balaban J connectivity index is 1.67. The average Bonchev–Trinajstić information content (AvgIpc) is 2.79. The molecule has 182 valence electrons. The van der Waals surface area contributed by atoms with Crippen LogP contribution in [0.1, 0.15) is 27.7 Å². The molecule has 2 heterocycles. The van der Waals surface area contributed by atoms with Crippen LogP contribution in [-0.2, 0) is 0 Å². The van der Waals surface area contributed by atoms with E-state index < -0.39 is 24.4 Å². The van der Waals surface area contributed by atoms with E-state index in [2.05, 4.69) is 62.4 Å². The Morgan fingerprint density at radius 1 is 0.706 bits per heavy atom. The minimum atomic E-state index is -0.641. The van der Waals surface area contributed by atoms with Gasteiger partial charge in [-0.05, 0) is 83.8 Å². The van der Waals surface area contributed by atoms with E-state index >= 15 is 0 Å². The van der Waals surface area contributed by atoms with Crippen LogP contribution in [-0.4, -0.2) is 54.6 Å². The van der Waals surface area contributed by atoms with Gasteiger partial charge in [-0.2, -0.15) is 9.97 Å². The van der Waals surface area contributed by atoms with Crippen LogP contribution >= 0.6 is 31.9 Å². The van der Waals surface area contributed by atoms with E-state index in [-0.39, 0.29) is 0 Å². The van der Waals surface area contributed by atoms with E-state index in [9.17, 15) is 10.2 Å². The molecule has 0 spiro atoms. The van der Waals surface area contributed by atoms with Crippen LogP contribution in [0.15, 0.2) is 45.6 Å². The summed E-state index contributed by atoms with van der Waals surface area (Å²) in [5.74, 6) is 1.36. The van der Waals surface area contributed by atoms with Crippen molar-refractivity contribution in [1.82, 2.24) is 19.9 Å². The monoisotopic (exact) mass is 596 g/mol. The number of aliphatic hydroxyl groups is 2. The third-order valence-electron chi connectivity index (χ3n) is 4.77. The molecule has 12 heteroatoms. The molecule has 4 atom stereocenters. The molecule has 0 saturated carbocycles. The Bertz CT molecular complexity index is 1010. The molecular formula is C22H26Br2N6O4. The van der Waals surface area contributed by atoms with Gasteiger partial charge in [-0.3, -0.25) is 0 Å². The summed E-state index contributed by atoms with van der Waals surface area (Å²) in [6, 6.07) is 7.38. The second-order valence-electron chi connectivity index (χ2n) is 7.65. The SMILES string of the molecule is C[C@@H](O)[C@@H](C)Oc1nc(Nc2ccc(Nc3ncc(Br)c(O[C@H](C)[C@@H](C)O)n3)cc2)ncc1Br. The van der Waals surface area contributed by atoms with Crippen LogP contribution in [0.5, 0.6) is 11.8 Å². The van der Waals surface area contributed by atoms with E-state index in [4.69, 9.17) is 9.47 Å². The number of benzene rings is 1. The third kappa shape index (κ3) is 7.23. The number of hydrogen-bond acceptors (Lipinski definition) is 10. The number of aromatic nitrogens is 4. The van der Waals surface area contributed by atoms with Gasteiger partial charge in [0.05, 0.1) is 33.5 Å². The lowest BCUT2D eigenvalue weighted by Gasteiger charge is -2.18. The van der Waals surface area contributed by atoms with Gasteiger partial charge < -0.3 is 30.3 Å². The fourth-order valence-electron chi connectivity index (χ4n) is 2.43. The lowest BCUT2D eigenvalue weighted by molar-refractivity contribution is 0.0569. The van der Waals surface area contributed by atoms with Gasteiger partial charge in [0.25, 0.3) is 0 Å². The Hall–Kier alpha value is -2.54. The van der Waals surface area contributed by atoms with Crippen molar-refractivity contribution in [2.45, 2.75) is 52.1 Å². The van der Waals surface area contributed by atoms with E-state index in [0.717, 1.165) is 11.4 Å². The average molecular weight is 598 g/mol. The fourth-order valence-corrected chi connectivity index (χ4v) is 3.00. The number of hydrogen-bond donors (Lipinski definition) is 4. The lowest BCUT2D eigenvalue weighted by Crippen LogP contribution is -2.26. The first-order valence-electron chi connectivity index (χ1n) is 10.5. The van der Waals surface area contributed by atoms with Crippen LogP contribution in [0.25, 0.3) is 0 Å². The molecule has 0 aliphatic heterocycles. The van der Waals surface area contributed by atoms with Crippen LogP contribution in [0.4, 0.5) is 23.3 Å². The molecule has 34 heavy (non-hydrogen) atoms. The van der Waals surface area contributed by atoms with Crippen LogP contribution < -0.4 is 20.1 Å². The highest BCUT2D eigenvalue weighted by Crippen LogP contribution is 2.27. The standard InChI is InChI=1S/C22H26Br2N6O4/c1-11(31)13(3)33-19-17(23)9-25-21(29-19)27-15-5-7-16(8-6-15)28-22-26-10-18(24)20(30-22)34-14(4)12(2)32/h5-14,31-32H,1-4H3,(H,25,27,29)(H,26,28,30)/t11-,12-,13-,14-/m1/s1. The number of halogens is 2. The molecule has 0 amide bonds. The number of ether oxygens (including phenoxy) is 2. The number of nitrogens with zero attached hydrogens (tertiary/aromatic N) is 4. The normalized spacial score (nSPS) is 14.6. The Morgan fingerprint density at radius 2 is 1.06 bits per heavy atom. The molecule has 0 radical (unpaired) electrons. The summed E-state index contributed by atoms with van der Waals surface area (Å²) in [5, 5.41) is 25.6. The summed E-state index contributed by atoms with van der Waals surface area (Å²) in [7, 11) is 0.